The maximum absolute atomic E-state index is 11.3. The second-order valence-electron chi connectivity index (χ2n) is 5.42. The van der Waals surface area contributed by atoms with Crippen LogP contribution in [0.3, 0.4) is 0 Å². The molecule has 1 aliphatic rings. The maximum atomic E-state index is 11.3. The molecule has 2 heterocycles. The Kier molecular flexibility index (Phi) is 3.29. The zero-order chi connectivity index (χ0) is 15.0. The standard InChI is InChI=1S/C14H17N3O4/c1-8-6-10(9(2)20-8)12-17-16-11(21-12)7-15-14(13(18)19)4-3-5-14/h6,15H,3-5,7H2,1-2H3,(H,18,19). The number of nitrogens with one attached hydrogen (secondary N) is 1. The van der Waals surface area contributed by atoms with E-state index in [0.29, 0.717) is 24.6 Å². The first-order valence-corrected chi connectivity index (χ1v) is 6.88. The van der Waals surface area contributed by atoms with E-state index in [-0.39, 0.29) is 6.54 Å². The van der Waals surface area contributed by atoms with Gasteiger partial charge in [-0.05, 0) is 39.2 Å². The highest BCUT2D eigenvalue weighted by Gasteiger charge is 2.44. The summed E-state index contributed by atoms with van der Waals surface area (Å²) in [6.07, 6.45) is 2.18. The van der Waals surface area contributed by atoms with Crippen molar-refractivity contribution >= 4 is 5.97 Å². The number of aryl methyl sites for hydroxylation is 2. The van der Waals surface area contributed by atoms with Gasteiger partial charge in [0.2, 0.25) is 5.89 Å². The summed E-state index contributed by atoms with van der Waals surface area (Å²) in [6.45, 7) is 3.93. The average Bonchev–Trinajstić information content (AvgIpc) is 2.94. The summed E-state index contributed by atoms with van der Waals surface area (Å²) in [5, 5.41) is 20.2. The lowest BCUT2D eigenvalue weighted by Gasteiger charge is -2.38. The molecule has 0 saturated heterocycles. The van der Waals surface area contributed by atoms with Crippen LogP contribution in [0.25, 0.3) is 11.5 Å². The van der Waals surface area contributed by atoms with Crippen molar-refractivity contribution in [2.24, 2.45) is 0 Å². The number of carboxylic acids is 1. The molecule has 0 aliphatic heterocycles. The zero-order valence-corrected chi connectivity index (χ0v) is 12.0. The molecular formula is C14H17N3O4. The lowest BCUT2D eigenvalue weighted by molar-refractivity contribution is -0.149. The van der Waals surface area contributed by atoms with Gasteiger partial charge in [-0.15, -0.1) is 10.2 Å². The molecule has 0 bridgehead atoms. The largest absolute Gasteiger partial charge is 0.480 e. The van der Waals surface area contributed by atoms with Crippen LogP contribution in [-0.2, 0) is 11.3 Å². The molecule has 3 rings (SSSR count). The molecule has 2 N–H and O–H groups in total. The molecule has 0 aromatic carbocycles. The predicted molar refractivity (Wildman–Crippen MR) is 72.5 cm³/mol. The van der Waals surface area contributed by atoms with Crippen LogP contribution in [0.1, 0.15) is 36.7 Å². The number of nitrogens with zero attached hydrogens (tertiary/aromatic N) is 2. The third-order valence-electron chi connectivity index (χ3n) is 3.93. The van der Waals surface area contributed by atoms with E-state index < -0.39 is 11.5 Å². The van der Waals surface area contributed by atoms with Crippen LogP contribution in [0.4, 0.5) is 0 Å². The van der Waals surface area contributed by atoms with Crippen molar-refractivity contribution in [3.63, 3.8) is 0 Å². The van der Waals surface area contributed by atoms with Crippen LogP contribution in [0.5, 0.6) is 0 Å². The average molecular weight is 291 g/mol. The number of furan rings is 1. The Morgan fingerprint density at radius 3 is 2.67 bits per heavy atom. The minimum Gasteiger partial charge on any atom is -0.480 e. The fourth-order valence-electron chi connectivity index (χ4n) is 2.52. The summed E-state index contributed by atoms with van der Waals surface area (Å²) < 4.78 is 11.0. The van der Waals surface area contributed by atoms with Crippen molar-refractivity contribution in [3.8, 4) is 11.5 Å². The monoisotopic (exact) mass is 291 g/mol. The van der Waals surface area contributed by atoms with Crippen molar-refractivity contribution in [1.82, 2.24) is 15.5 Å². The van der Waals surface area contributed by atoms with Gasteiger partial charge >= 0.3 is 5.97 Å². The van der Waals surface area contributed by atoms with Crippen molar-refractivity contribution in [2.45, 2.75) is 45.2 Å². The number of rotatable bonds is 5. The highest BCUT2D eigenvalue weighted by molar-refractivity contribution is 5.79. The fourth-order valence-corrected chi connectivity index (χ4v) is 2.52. The van der Waals surface area contributed by atoms with Gasteiger partial charge in [-0.2, -0.15) is 0 Å². The van der Waals surface area contributed by atoms with Crippen LogP contribution >= 0.6 is 0 Å². The predicted octanol–water partition coefficient (Wildman–Crippen LogP) is 2.04. The lowest BCUT2D eigenvalue weighted by atomic mass is 9.77. The molecule has 1 aliphatic carbocycles. The Morgan fingerprint density at radius 2 is 2.14 bits per heavy atom. The summed E-state index contributed by atoms with van der Waals surface area (Å²) >= 11 is 0. The Bertz CT molecular complexity index is 670. The molecule has 0 radical (unpaired) electrons. The molecule has 1 fully saturated rings. The number of carbonyl (C=O) groups is 1. The van der Waals surface area contributed by atoms with Gasteiger partial charge in [0.15, 0.2) is 0 Å². The van der Waals surface area contributed by atoms with E-state index in [1.165, 1.54) is 0 Å². The summed E-state index contributed by atoms with van der Waals surface area (Å²) in [5.41, 5.74) is -0.0700. The Hall–Kier alpha value is -2.15. The third-order valence-corrected chi connectivity index (χ3v) is 3.93. The van der Waals surface area contributed by atoms with Crippen molar-refractivity contribution in [1.29, 1.82) is 0 Å². The normalized spacial score (nSPS) is 16.7. The van der Waals surface area contributed by atoms with Crippen LogP contribution < -0.4 is 5.32 Å². The van der Waals surface area contributed by atoms with E-state index in [0.717, 1.165) is 23.5 Å². The molecule has 0 unspecified atom stereocenters. The minimum absolute atomic E-state index is 0.245. The van der Waals surface area contributed by atoms with Crippen LogP contribution in [-0.4, -0.2) is 26.8 Å². The first kappa shape index (κ1) is 13.8. The molecule has 2 aromatic heterocycles. The third kappa shape index (κ3) is 2.44. The number of hydrogen-bond acceptors (Lipinski definition) is 6. The van der Waals surface area contributed by atoms with E-state index in [2.05, 4.69) is 15.5 Å². The highest BCUT2D eigenvalue weighted by atomic mass is 16.4. The molecule has 2 aromatic rings. The van der Waals surface area contributed by atoms with Crippen LogP contribution in [0, 0.1) is 13.8 Å². The molecule has 1 saturated carbocycles. The summed E-state index contributed by atoms with van der Waals surface area (Å²) in [4.78, 5) is 11.3. The highest BCUT2D eigenvalue weighted by Crippen LogP contribution is 2.32. The van der Waals surface area contributed by atoms with Gasteiger partial charge in [-0.1, -0.05) is 0 Å². The number of aromatic nitrogens is 2. The second-order valence-corrected chi connectivity index (χ2v) is 5.42. The molecular weight excluding hydrogens is 274 g/mol. The van der Waals surface area contributed by atoms with Crippen molar-refractivity contribution < 1.29 is 18.7 Å². The minimum atomic E-state index is -0.837. The van der Waals surface area contributed by atoms with Crippen LogP contribution in [0.2, 0.25) is 0 Å². The van der Waals surface area contributed by atoms with Gasteiger partial charge in [0.05, 0.1) is 12.1 Å². The Balaban J connectivity index is 1.71. The number of aliphatic carboxylic acids is 1. The summed E-state index contributed by atoms with van der Waals surface area (Å²) in [6, 6.07) is 1.84. The first-order chi connectivity index (χ1) is 10.00. The molecule has 0 spiro atoms. The summed E-state index contributed by atoms with van der Waals surface area (Å²) in [7, 11) is 0. The first-order valence-electron chi connectivity index (χ1n) is 6.88. The second kappa shape index (κ2) is 5.00. The van der Waals surface area contributed by atoms with Gasteiger partial charge in [0.25, 0.3) is 5.89 Å². The molecule has 112 valence electrons. The topological polar surface area (TPSA) is 101 Å². The van der Waals surface area contributed by atoms with Crippen molar-refractivity contribution in [2.75, 3.05) is 0 Å². The Morgan fingerprint density at radius 1 is 1.38 bits per heavy atom. The van der Waals surface area contributed by atoms with Gasteiger partial charge in [0, 0.05) is 0 Å². The smallest absolute Gasteiger partial charge is 0.323 e. The number of hydrogen-bond donors (Lipinski definition) is 2. The molecule has 0 atom stereocenters. The van der Waals surface area contributed by atoms with Gasteiger partial charge in [-0.25, -0.2) is 0 Å². The quantitative estimate of drug-likeness (QED) is 0.869. The van der Waals surface area contributed by atoms with E-state index in [1.807, 2.05) is 19.9 Å². The van der Waals surface area contributed by atoms with E-state index in [1.54, 1.807) is 0 Å². The van der Waals surface area contributed by atoms with E-state index in [9.17, 15) is 9.90 Å². The van der Waals surface area contributed by atoms with E-state index in [4.69, 9.17) is 8.83 Å². The molecule has 21 heavy (non-hydrogen) atoms. The lowest BCUT2D eigenvalue weighted by Crippen LogP contribution is -2.56. The summed E-state index contributed by atoms with van der Waals surface area (Å²) in [5.74, 6) is 1.43. The molecule has 7 nitrogen and oxygen atoms in total. The fraction of sp³-hybridized carbons (Fsp3) is 0.500. The maximum Gasteiger partial charge on any atom is 0.323 e. The zero-order valence-electron chi connectivity index (χ0n) is 12.0. The number of carboxylic acid groups (broad SMARTS) is 1. The Labute approximate surface area is 121 Å². The van der Waals surface area contributed by atoms with Gasteiger partial charge < -0.3 is 13.9 Å². The SMILES string of the molecule is Cc1cc(-c2nnc(CNC3(C(=O)O)CCC3)o2)c(C)o1. The van der Waals surface area contributed by atoms with Crippen molar-refractivity contribution in [3.05, 3.63) is 23.5 Å². The van der Waals surface area contributed by atoms with Gasteiger partial charge in [-0.3, -0.25) is 10.1 Å². The van der Waals surface area contributed by atoms with E-state index >= 15 is 0 Å². The van der Waals surface area contributed by atoms with Crippen LogP contribution in [0.15, 0.2) is 14.9 Å². The molecule has 7 heteroatoms. The van der Waals surface area contributed by atoms with Gasteiger partial charge in [0.1, 0.15) is 17.1 Å². The molecule has 0 amide bonds.